The fourth-order valence-electron chi connectivity index (χ4n) is 3.45. The number of hydrogen-bond acceptors (Lipinski definition) is 3. The molecule has 0 spiro atoms. The summed E-state index contributed by atoms with van der Waals surface area (Å²) in [4.78, 5) is 17.1. The van der Waals surface area contributed by atoms with Gasteiger partial charge < -0.3 is 19.7 Å². The summed E-state index contributed by atoms with van der Waals surface area (Å²) in [7, 11) is 0. The average Bonchev–Trinajstić information content (AvgIpc) is 3.24. The lowest BCUT2D eigenvalue weighted by molar-refractivity contribution is 0.0970. The number of carbonyl (C=O) groups excluding carboxylic acids is 1. The number of fused-ring (bicyclic) bond motifs is 1. The molecule has 0 saturated carbocycles. The zero-order valence-electron chi connectivity index (χ0n) is 13.8. The minimum atomic E-state index is -0.594. The van der Waals surface area contributed by atoms with E-state index >= 15 is 0 Å². The molecule has 128 valence electrons. The van der Waals surface area contributed by atoms with Gasteiger partial charge in [0, 0.05) is 29.6 Å². The number of ether oxygens (including phenoxy) is 1. The lowest BCUT2D eigenvalue weighted by Crippen LogP contribution is -2.30. The topological polar surface area (TPSA) is 65.6 Å². The van der Waals surface area contributed by atoms with Gasteiger partial charge in [-0.25, -0.2) is 4.79 Å². The number of β-amino-alcohol motifs (C(OH)–C–C–N with tert-alkyl or cyclic N) is 1. The molecule has 1 saturated heterocycles. The van der Waals surface area contributed by atoms with E-state index in [1.165, 1.54) is 0 Å². The number of amides is 1. The fraction of sp³-hybridized carbons (Fsp3) is 0.250. The van der Waals surface area contributed by atoms with Crippen molar-refractivity contribution >= 4 is 17.0 Å². The van der Waals surface area contributed by atoms with Crippen LogP contribution >= 0.6 is 0 Å². The van der Waals surface area contributed by atoms with Crippen LogP contribution in [-0.4, -0.2) is 40.3 Å². The second kappa shape index (κ2) is 6.61. The molecule has 1 amide bonds. The van der Waals surface area contributed by atoms with Crippen molar-refractivity contribution in [2.75, 3.05) is 13.1 Å². The molecule has 1 aliphatic heterocycles. The molecule has 0 bridgehead atoms. The zero-order valence-corrected chi connectivity index (χ0v) is 13.8. The number of H-pyrrole nitrogens is 1. The lowest BCUT2D eigenvalue weighted by Gasteiger charge is -2.16. The molecular formula is C20H20N2O3. The molecule has 0 aliphatic carbocycles. The highest BCUT2D eigenvalue weighted by atomic mass is 16.6. The van der Waals surface area contributed by atoms with Crippen molar-refractivity contribution in [3.63, 3.8) is 0 Å². The summed E-state index contributed by atoms with van der Waals surface area (Å²) in [5.74, 6) is -0.111. The van der Waals surface area contributed by atoms with Crippen LogP contribution in [0.25, 0.3) is 10.9 Å². The maximum absolute atomic E-state index is 12.3. The number of carbonyl (C=O) groups is 1. The first kappa shape index (κ1) is 15.7. The molecule has 0 radical (unpaired) electrons. The summed E-state index contributed by atoms with van der Waals surface area (Å²) in [6, 6.07) is 17.6. The average molecular weight is 336 g/mol. The van der Waals surface area contributed by atoms with Gasteiger partial charge in [0.2, 0.25) is 0 Å². The monoisotopic (exact) mass is 336 g/mol. The Morgan fingerprint density at radius 3 is 2.72 bits per heavy atom. The molecule has 0 unspecified atom stereocenters. The van der Waals surface area contributed by atoms with Crippen molar-refractivity contribution in [3.05, 3.63) is 71.9 Å². The molecule has 3 aromatic rings. The quantitative estimate of drug-likeness (QED) is 0.771. The van der Waals surface area contributed by atoms with Gasteiger partial charge in [0.15, 0.2) is 0 Å². The van der Waals surface area contributed by atoms with Crippen LogP contribution in [0.3, 0.4) is 0 Å². The number of hydrogen-bond donors (Lipinski definition) is 2. The molecule has 1 fully saturated rings. The van der Waals surface area contributed by atoms with Gasteiger partial charge in [-0.3, -0.25) is 0 Å². The van der Waals surface area contributed by atoms with Crippen molar-refractivity contribution in [2.45, 2.75) is 18.6 Å². The SMILES string of the molecule is O=C(OCc1ccccc1)N1C[C@@H](O)[C@@H](c2c[nH]c3ccccc23)C1. The first-order valence-corrected chi connectivity index (χ1v) is 8.42. The summed E-state index contributed by atoms with van der Waals surface area (Å²) in [5, 5.41) is 11.6. The minimum Gasteiger partial charge on any atom is -0.445 e. The molecule has 5 heteroatoms. The van der Waals surface area contributed by atoms with E-state index < -0.39 is 6.10 Å². The molecule has 1 aliphatic rings. The molecule has 2 heterocycles. The molecule has 4 rings (SSSR count). The minimum absolute atomic E-state index is 0.111. The third-order valence-electron chi connectivity index (χ3n) is 4.77. The fourth-order valence-corrected chi connectivity index (χ4v) is 3.45. The number of nitrogens with one attached hydrogen (secondary N) is 1. The summed E-state index contributed by atoms with van der Waals surface area (Å²) in [6.45, 7) is 0.985. The molecular weight excluding hydrogens is 316 g/mol. The molecule has 2 atom stereocenters. The van der Waals surface area contributed by atoms with Gasteiger partial charge in [0.25, 0.3) is 0 Å². The highest BCUT2D eigenvalue weighted by molar-refractivity contribution is 5.84. The Bertz CT molecular complexity index is 875. The summed E-state index contributed by atoms with van der Waals surface area (Å²) >= 11 is 0. The number of nitrogens with zero attached hydrogens (tertiary/aromatic N) is 1. The van der Waals surface area contributed by atoms with Crippen molar-refractivity contribution in [1.29, 1.82) is 0 Å². The molecule has 5 nitrogen and oxygen atoms in total. The number of aliphatic hydroxyl groups is 1. The van der Waals surface area contributed by atoms with Crippen LogP contribution < -0.4 is 0 Å². The number of likely N-dealkylation sites (tertiary alicyclic amines) is 1. The number of para-hydroxylation sites is 1. The number of benzene rings is 2. The first-order valence-electron chi connectivity index (χ1n) is 8.42. The van der Waals surface area contributed by atoms with E-state index in [4.69, 9.17) is 4.74 Å². The van der Waals surface area contributed by atoms with E-state index in [2.05, 4.69) is 4.98 Å². The molecule has 2 aromatic carbocycles. The van der Waals surface area contributed by atoms with Crippen LogP contribution in [0.2, 0.25) is 0 Å². The third-order valence-corrected chi connectivity index (χ3v) is 4.77. The van der Waals surface area contributed by atoms with Crippen molar-refractivity contribution in [1.82, 2.24) is 9.88 Å². The van der Waals surface area contributed by atoms with E-state index in [0.29, 0.717) is 6.54 Å². The van der Waals surface area contributed by atoms with Gasteiger partial charge in [0.05, 0.1) is 12.6 Å². The Hall–Kier alpha value is -2.79. The smallest absolute Gasteiger partial charge is 0.410 e. The van der Waals surface area contributed by atoms with Crippen LogP contribution in [0.4, 0.5) is 4.79 Å². The highest BCUT2D eigenvalue weighted by Crippen LogP contribution is 2.33. The first-order chi connectivity index (χ1) is 12.2. The maximum Gasteiger partial charge on any atom is 0.410 e. The van der Waals surface area contributed by atoms with Gasteiger partial charge in [-0.15, -0.1) is 0 Å². The van der Waals surface area contributed by atoms with Crippen molar-refractivity contribution in [2.24, 2.45) is 0 Å². The third kappa shape index (κ3) is 3.10. The van der Waals surface area contributed by atoms with Crippen LogP contribution in [0.1, 0.15) is 17.0 Å². The predicted molar refractivity (Wildman–Crippen MR) is 95.2 cm³/mol. The van der Waals surface area contributed by atoms with E-state index in [0.717, 1.165) is 22.0 Å². The van der Waals surface area contributed by atoms with E-state index in [9.17, 15) is 9.90 Å². The summed E-state index contributed by atoms with van der Waals surface area (Å²) in [5.41, 5.74) is 3.03. The Morgan fingerprint density at radius 2 is 1.88 bits per heavy atom. The second-order valence-electron chi connectivity index (χ2n) is 6.41. The summed E-state index contributed by atoms with van der Waals surface area (Å²) in [6.07, 6.45) is 0.950. The summed E-state index contributed by atoms with van der Waals surface area (Å²) < 4.78 is 5.38. The van der Waals surface area contributed by atoms with Crippen LogP contribution in [0, 0.1) is 0 Å². The molecule has 2 N–H and O–H groups in total. The van der Waals surface area contributed by atoms with Crippen LogP contribution in [-0.2, 0) is 11.3 Å². The zero-order chi connectivity index (χ0) is 17.2. The van der Waals surface area contributed by atoms with E-state index in [1.807, 2.05) is 60.8 Å². The lowest BCUT2D eigenvalue weighted by atomic mass is 9.96. The molecule has 25 heavy (non-hydrogen) atoms. The number of aromatic amines is 1. The van der Waals surface area contributed by atoms with Gasteiger partial charge >= 0.3 is 6.09 Å². The van der Waals surface area contributed by atoms with Crippen molar-refractivity contribution in [3.8, 4) is 0 Å². The standard InChI is InChI=1S/C20H20N2O3/c23-19-12-22(20(24)25-13-14-6-2-1-3-7-14)11-17(19)16-10-21-18-9-5-4-8-15(16)18/h1-10,17,19,21,23H,11-13H2/t17-,19-/m1/s1. The van der Waals surface area contributed by atoms with Gasteiger partial charge in [-0.2, -0.15) is 0 Å². The Morgan fingerprint density at radius 1 is 1.12 bits per heavy atom. The second-order valence-corrected chi connectivity index (χ2v) is 6.41. The highest BCUT2D eigenvalue weighted by Gasteiger charge is 2.36. The number of rotatable bonds is 3. The van der Waals surface area contributed by atoms with Crippen molar-refractivity contribution < 1.29 is 14.6 Å². The van der Waals surface area contributed by atoms with Gasteiger partial charge in [-0.1, -0.05) is 48.5 Å². The normalized spacial score (nSPS) is 20.1. The largest absolute Gasteiger partial charge is 0.445 e. The predicted octanol–water partition coefficient (Wildman–Crippen LogP) is 3.26. The molecule has 1 aromatic heterocycles. The van der Waals surface area contributed by atoms with Crippen LogP contribution in [0.15, 0.2) is 60.8 Å². The van der Waals surface area contributed by atoms with E-state index in [-0.39, 0.29) is 25.2 Å². The van der Waals surface area contributed by atoms with Crippen LogP contribution in [0.5, 0.6) is 0 Å². The van der Waals surface area contributed by atoms with E-state index in [1.54, 1.807) is 4.90 Å². The Labute approximate surface area is 145 Å². The number of aliphatic hydroxyl groups excluding tert-OH is 1. The Balaban J connectivity index is 1.45. The van der Waals surface area contributed by atoms with Gasteiger partial charge in [0.1, 0.15) is 6.61 Å². The number of aromatic nitrogens is 1. The van der Waals surface area contributed by atoms with Gasteiger partial charge in [-0.05, 0) is 17.2 Å². The maximum atomic E-state index is 12.3. The Kier molecular flexibility index (Phi) is 4.15.